The average molecular weight is 337 g/mol. The Kier molecular flexibility index (Phi) is 4.59. The number of carbonyl (C=O) groups is 1. The number of aromatic nitrogens is 3. The number of aryl methyl sites for hydroxylation is 1. The van der Waals surface area contributed by atoms with Crippen molar-refractivity contribution in [1.29, 1.82) is 0 Å². The minimum absolute atomic E-state index is 0.0923. The summed E-state index contributed by atoms with van der Waals surface area (Å²) in [6.45, 7) is -0.286. The maximum absolute atomic E-state index is 12.4. The summed E-state index contributed by atoms with van der Waals surface area (Å²) in [4.78, 5) is 12.2. The molecule has 1 aliphatic rings. The van der Waals surface area contributed by atoms with Crippen molar-refractivity contribution < 1.29 is 18.3 Å². The van der Waals surface area contributed by atoms with Crippen LogP contribution in [0.3, 0.4) is 0 Å². The van der Waals surface area contributed by atoms with Crippen molar-refractivity contribution in [3.63, 3.8) is 0 Å². The Labute approximate surface area is 137 Å². The lowest BCUT2D eigenvalue weighted by Gasteiger charge is -2.24. The zero-order chi connectivity index (χ0) is 17.1. The maximum atomic E-state index is 12.4. The predicted molar refractivity (Wildman–Crippen MR) is 82.0 cm³/mol. The number of para-hydroxylation sites is 2. The number of urea groups is 1. The van der Waals surface area contributed by atoms with Crippen LogP contribution in [0.4, 0.5) is 19.3 Å². The molecule has 1 unspecified atom stereocenters. The number of halogens is 2. The fraction of sp³-hybridized carbons (Fsp3) is 0.400. The lowest BCUT2D eigenvalue weighted by Crippen LogP contribution is -2.36. The van der Waals surface area contributed by atoms with Gasteiger partial charge in [0, 0.05) is 6.54 Å². The molecule has 1 aliphatic heterocycles. The molecule has 2 amide bonds. The van der Waals surface area contributed by atoms with Crippen LogP contribution in [0, 0.1) is 6.92 Å². The fourth-order valence-corrected chi connectivity index (χ4v) is 2.74. The molecule has 0 saturated heterocycles. The van der Waals surface area contributed by atoms with Gasteiger partial charge in [-0.25, -0.2) is 4.79 Å². The third kappa shape index (κ3) is 3.44. The number of benzene rings is 1. The highest BCUT2D eigenvalue weighted by Crippen LogP contribution is 2.27. The Balaban J connectivity index is 1.69. The molecule has 24 heavy (non-hydrogen) atoms. The number of hydrogen-bond acceptors (Lipinski definition) is 4. The van der Waals surface area contributed by atoms with E-state index in [1.165, 1.54) is 12.1 Å². The van der Waals surface area contributed by atoms with Gasteiger partial charge in [0.25, 0.3) is 0 Å². The van der Waals surface area contributed by atoms with Crippen LogP contribution in [-0.4, -0.2) is 27.4 Å². The molecule has 0 saturated carbocycles. The second-order valence-corrected chi connectivity index (χ2v) is 5.42. The van der Waals surface area contributed by atoms with E-state index in [0.29, 0.717) is 5.82 Å². The zero-order valence-electron chi connectivity index (χ0n) is 13.0. The van der Waals surface area contributed by atoms with Crippen molar-refractivity contribution >= 4 is 11.7 Å². The summed E-state index contributed by atoms with van der Waals surface area (Å²) < 4.78 is 31.2. The number of rotatable bonds is 4. The first-order chi connectivity index (χ1) is 11.5. The number of nitrogens with one attached hydrogen (secondary N) is 2. The number of carbonyl (C=O) groups excluding carboxylic acids is 1. The van der Waals surface area contributed by atoms with E-state index in [1.807, 2.05) is 11.5 Å². The van der Waals surface area contributed by atoms with E-state index < -0.39 is 12.6 Å². The number of alkyl halides is 2. The molecule has 1 aromatic heterocycles. The summed E-state index contributed by atoms with van der Waals surface area (Å²) in [5, 5.41) is 13.5. The first-order valence-electron chi connectivity index (χ1n) is 7.55. The summed E-state index contributed by atoms with van der Waals surface area (Å²) in [5.41, 5.74) is 0.170. The van der Waals surface area contributed by atoms with Gasteiger partial charge in [0.2, 0.25) is 0 Å². The molecular formula is C15H17F2N5O2. The van der Waals surface area contributed by atoms with Crippen LogP contribution in [0.15, 0.2) is 24.3 Å². The first kappa shape index (κ1) is 16.2. The molecular weight excluding hydrogens is 320 g/mol. The van der Waals surface area contributed by atoms with Crippen LogP contribution in [0.2, 0.25) is 0 Å². The average Bonchev–Trinajstić information content (AvgIpc) is 2.91. The standard InChI is InChI=1S/C15H17F2N5O2/c1-9-20-21-13-11(6-4-8-22(9)13)19-15(23)18-10-5-2-3-7-12(10)24-14(16)17/h2-3,5,7,11,14H,4,6,8H2,1H3,(H2,18,19,23). The van der Waals surface area contributed by atoms with Gasteiger partial charge in [-0.15, -0.1) is 10.2 Å². The molecule has 128 valence electrons. The molecule has 0 fully saturated rings. The van der Waals surface area contributed by atoms with Gasteiger partial charge in [-0.1, -0.05) is 12.1 Å². The van der Waals surface area contributed by atoms with Gasteiger partial charge in [-0.3, -0.25) is 0 Å². The Bertz CT molecular complexity index is 734. The summed E-state index contributed by atoms with van der Waals surface area (Å²) >= 11 is 0. The molecule has 2 heterocycles. The Hall–Kier alpha value is -2.71. The smallest absolute Gasteiger partial charge is 0.387 e. The molecule has 7 nitrogen and oxygen atoms in total. The van der Waals surface area contributed by atoms with E-state index in [0.717, 1.165) is 25.2 Å². The van der Waals surface area contributed by atoms with Crippen molar-refractivity contribution in [2.24, 2.45) is 0 Å². The summed E-state index contributed by atoms with van der Waals surface area (Å²) in [5.74, 6) is 1.41. The highest BCUT2D eigenvalue weighted by molar-refractivity contribution is 5.91. The largest absolute Gasteiger partial charge is 0.433 e. The topological polar surface area (TPSA) is 81.1 Å². The van der Waals surface area contributed by atoms with Gasteiger partial charge in [-0.2, -0.15) is 8.78 Å². The van der Waals surface area contributed by atoms with E-state index in [1.54, 1.807) is 12.1 Å². The van der Waals surface area contributed by atoms with Crippen molar-refractivity contribution in [2.75, 3.05) is 5.32 Å². The second kappa shape index (κ2) is 6.81. The lowest BCUT2D eigenvalue weighted by atomic mass is 10.1. The maximum Gasteiger partial charge on any atom is 0.387 e. The van der Waals surface area contributed by atoms with Gasteiger partial charge in [-0.05, 0) is 31.9 Å². The summed E-state index contributed by atoms with van der Waals surface area (Å²) in [7, 11) is 0. The fourth-order valence-electron chi connectivity index (χ4n) is 2.74. The molecule has 1 atom stereocenters. The first-order valence-corrected chi connectivity index (χ1v) is 7.55. The summed E-state index contributed by atoms with van der Waals surface area (Å²) in [6, 6.07) is 5.23. The predicted octanol–water partition coefficient (Wildman–Crippen LogP) is 2.84. The Morgan fingerprint density at radius 2 is 2.17 bits per heavy atom. The molecule has 0 spiro atoms. The number of hydrogen-bond donors (Lipinski definition) is 2. The Morgan fingerprint density at radius 3 is 2.96 bits per heavy atom. The van der Waals surface area contributed by atoms with Crippen LogP contribution in [0.5, 0.6) is 5.75 Å². The molecule has 2 N–H and O–H groups in total. The number of nitrogens with zero attached hydrogens (tertiary/aromatic N) is 3. The van der Waals surface area contributed by atoms with Crippen LogP contribution in [0.25, 0.3) is 0 Å². The lowest BCUT2D eigenvalue weighted by molar-refractivity contribution is -0.0493. The zero-order valence-corrected chi connectivity index (χ0v) is 13.0. The van der Waals surface area contributed by atoms with E-state index in [9.17, 15) is 13.6 Å². The number of fused-ring (bicyclic) bond motifs is 1. The molecule has 3 rings (SSSR count). The quantitative estimate of drug-likeness (QED) is 0.899. The van der Waals surface area contributed by atoms with Gasteiger partial charge < -0.3 is 19.9 Å². The second-order valence-electron chi connectivity index (χ2n) is 5.42. The van der Waals surface area contributed by atoms with Crippen LogP contribution in [0.1, 0.15) is 30.5 Å². The van der Waals surface area contributed by atoms with Crippen molar-refractivity contribution in [3.8, 4) is 5.75 Å². The van der Waals surface area contributed by atoms with Gasteiger partial charge in [0.05, 0.1) is 11.7 Å². The number of amides is 2. The summed E-state index contributed by atoms with van der Waals surface area (Å²) in [6.07, 6.45) is 1.63. The molecule has 2 aromatic rings. The molecule has 1 aromatic carbocycles. The van der Waals surface area contributed by atoms with E-state index in [4.69, 9.17) is 0 Å². The van der Waals surface area contributed by atoms with Crippen molar-refractivity contribution in [3.05, 3.63) is 35.9 Å². The molecule has 0 bridgehead atoms. The van der Waals surface area contributed by atoms with Gasteiger partial charge >= 0.3 is 12.6 Å². The molecule has 0 radical (unpaired) electrons. The highest BCUT2D eigenvalue weighted by Gasteiger charge is 2.25. The monoisotopic (exact) mass is 337 g/mol. The normalized spacial score (nSPS) is 16.6. The minimum Gasteiger partial charge on any atom is -0.433 e. The van der Waals surface area contributed by atoms with E-state index in [2.05, 4.69) is 25.6 Å². The van der Waals surface area contributed by atoms with Crippen LogP contribution >= 0.6 is 0 Å². The molecule has 9 heteroatoms. The number of ether oxygens (including phenoxy) is 1. The SMILES string of the molecule is Cc1nnc2n1CCCC2NC(=O)Nc1ccccc1OC(F)F. The number of anilines is 1. The molecule has 0 aliphatic carbocycles. The van der Waals surface area contributed by atoms with E-state index >= 15 is 0 Å². The third-order valence-corrected chi connectivity index (χ3v) is 3.81. The Morgan fingerprint density at radius 1 is 1.38 bits per heavy atom. The van der Waals surface area contributed by atoms with Crippen LogP contribution < -0.4 is 15.4 Å². The van der Waals surface area contributed by atoms with Crippen molar-refractivity contribution in [1.82, 2.24) is 20.1 Å². The third-order valence-electron chi connectivity index (χ3n) is 3.81. The van der Waals surface area contributed by atoms with Gasteiger partial charge in [0.1, 0.15) is 11.6 Å². The minimum atomic E-state index is -2.96. The van der Waals surface area contributed by atoms with E-state index in [-0.39, 0.29) is 17.5 Å². The van der Waals surface area contributed by atoms with Crippen molar-refractivity contribution in [2.45, 2.75) is 39.0 Å². The van der Waals surface area contributed by atoms with Crippen LogP contribution in [-0.2, 0) is 6.54 Å². The highest BCUT2D eigenvalue weighted by atomic mass is 19.3. The van der Waals surface area contributed by atoms with Gasteiger partial charge in [0.15, 0.2) is 5.82 Å².